The van der Waals surface area contributed by atoms with Crippen molar-refractivity contribution in [3.05, 3.63) is 39.9 Å². The molecule has 3 heteroatoms. The van der Waals surface area contributed by atoms with Crippen LogP contribution in [0, 0.1) is 0 Å². The predicted octanol–water partition coefficient (Wildman–Crippen LogP) is 2.96. The molecule has 102 valence electrons. The van der Waals surface area contributed by atoms with Crippen molar-refractivity contribution in [3.8, 4) is 0 Å². The minimum atomic E-state index is 0.526. The molecule has 1 aromatic rings. The summed E-state index contributed by atoms with van der Waals surface area (Å²) in [6.45, 7) is 5.51. The Morgan fingerprint density at radius 1 is 1.32 bits per heavy atom. The first-order chi connectivity index (χ1) is 9.18. The lowest BCUT2D eigenvalue weighted by molar-refractivity contribution is 0.224. The lowest BCUT2D eigenvalue weighted by Crippen LogP contribution is -2.50. The van der Waals surface area contributed by atoms with Gasteiger partial charge < -0.3 is 5.32 Å². The molecule has 0 aromatic heterocycles. The molecule has 1 aliphatic heterocycles. The van der Waals surface area contributed by atoms with Gasteiger partial charge in [0.15, 0.2) is 0 Å². The van der Waals surface area contributed by atoms with Crippen LogP contribution in [0.5, 0.6) is 0 Å². The van der Waals surface area contributed by atoms with Gasteiger partial charge >= 0.3 is 0 Å². The number of aryl methyl sites for hydroxylation is 1. The zero-order valence-corrected chi connectivity index (χ0v) is 12.4. The molecule has 0 saturated carbocycles. The molecule has 1 atom stereocenters. The van der Waals surface area contributed by atoms with Gasteiger partial charge in [-0.2, -0.15) is 0 Å². The van der Waals surface area contributed by atoms with Crippen LogP contribution in [-0.2, 0) is 6.42 Å². The van der Waals surface area contributed by atoms with Gasteiger partial charge in [0.2, 0.25) is 0 Å². The molecule has 0 radical (unpaired) electrons. The fraction of sp³-hybridized carbons (Fsp3) is 0.500. The third kappa shape index (κ3) is 2.33. The smallest absolute Gasteiger partial charge is 0.0483 e. The average molecular weight is 277 g/mol. The lowest BCUT2D eigenvalue weighted by atomic mass is 9.82. The van der Waals surface area contributed by atoms with E-state index in [4.69, 9.17) is 11.6 Å². The highest BCUT2D eigenvalue weighted by molar-refractivity contribution is 6.32. The number of nitrogens with zero attached hydrogens (tertiary/aromatic N) is 1. The number of fused-ring (bicyclic) bond motifs is 1. The summed E-state index contributed by atoms with van der Waals surface area (Å²) < 4.78 is 0. The molecule has 19 heavy (non-hydrogen) atoms. The molecule has 0 spiro atoms. The second-order valence-electron chi connectivity index (χ2n) is 5.62. The van der Waals surface area contributed by atoms with Gasteiger partial charge in [0.25, 0.3) is 0 Å². The van der Waals surface area contributed by atoms with Crippen molar-refractivity contribution >= 4 is 17.2 Å². The van der Waals surface area contributed by atoms with Crippen molar-refractivity contribution in [1.29, 1.82) is 0 Å². The van der Waals surface area contributed by atoms with Gasteiger partial charge in [0.1, 0.15) is 0 Å². The van der Waals surface area contributed by atoms with E-state index >= 15 is 0 Å². The molecule has 2 nitrogen and oxygen atoms in total. The van der Waals surface area contributed by atoms with Crippen molar-refractivity contribution < 1.29 is 0 Å². The molecule has 1 aromatic carbocycles. The number of benzene rings is 1. The third-order valence-electron chi connectivity index (χ3n) is 4.53. The Morgan fingerprint density at radius 3 is 2.95 bits per heavy atom. The number of rotatable bonds is 1. The Labute approximate surface area is 120 Å². The van der Waals surface area contributed by atoms with E-state index in [-0.39, 0.29) is 0 Å². The van der Waals surface area contributed by atoms with Gasteiger partial charge in [-0.15, -0.1) is 0 Å². The summed E-state index contributed by atoms with van der Waals surface area (Å²) >= 11 is 6.41. The lowest BCUT2D eigenvalue weighted by Gasteiger charge is -2.37. The second kappa shape index (κ2) is 5.28. The number of hydrogen-bond acceptors (Lipinski definition) is 2. The minimum Gasteiger partial charge on any atom is -0.314 e. The number of nitrogens with one attached hydrogen (secondary N) is 1. The predicted molar refractivity (Wildman–Crippen MR) is 81.7 cm³/mol. The molecule has 1 unspecified atom stereocenters. The molecular weight excluding hydrogens is 256 g/mol. The fourth-order valence-electron chi connectivity index (χ4n) is 3.43. The van der Waals surface area contributed by atoms with Crippen LogP contribution in [0.15, 0.2) is 23.8 Å². The SMILES string of the molecule is CC1=C(C2CNCCN2C)CCc2cccc(Cl)c21. The number of piperazine rings is 1. The van der Waals surface area contributed by atoms with Crippen LogP contribution in [0.1, 0.15) is 24.5 Å². The molecule has 1 aliphatic carbocycles. The molecule has 1 fully saturated rings. The second-order valence-corrected chi connectivity index (χ2v) is 6.03. The van der Waals surface area contributed by atoms with E-state index in [1.807, 2.05) is 6.07 Å². The summed E-state index contributed by atoms with van der Waals surface area (Å²) in [7, 11) is 2.23. The first kappa shape index (κ1) is 13.2. The highest BCUT2D eigenvalue weighted by atomic mass is 35.5. The Morgan fingerprint density at radius 2 is 2.16 bits per heavy atom. The standard InChI is InChI=1S/C16H21ClN2/c1-11-13(15-10-18-8-9-19(15)2)7-6-12-4-3-5-14(17)16(11)12/h3-5,15,18H,6-10H2,1-2H3. The van der Waals surface area contributed by atoms with Crippen LogP contribution in [0.25, 0.3) is 5.57 Å². The van der Waals surface area contributed by atoms with Gasteiger partial charge in [0.05, 0.1) is 0 Å². The van der Waals surface area contributed by atoms with E-state index in [2.05, 4.69) is 36.3 Å². The van der Waals surface area contributed by atoms with E-state index < -0.39 is 0 Å². The van der Waals surface area contributed by atoms with Crippen molar-refractivity contribution in [2.45, 2.75) is 25.8 Å². The van der Waals surface area contributed by atoms with E-state index in [1.165, 1.54) is 16.7 Å². The van der Waals surface area contributed by atoms with Crippen molar-refractivity contribution in [2.75, 3.05) is 26.7 Å². The zero-order chi connectivity index (χ0) is 13.4. The highest BCUT2D eigenvalue weighted by Crippen LogP contribution is 2.37. The molecule has 1 N–H and O–H groups in total. The van der Waals surface area contributed by atoms with Crippen LogP contribution >= 0.6 is 11.6 Å². The average Bonchev–Trinajstić information content (AvgIpc) is 2.40. The Hall–Kier alpha value is -0.830. The first-order valence-electron chi connectivity index (χ1n) is 7.07. The minimum absolute atomic E-state index is 0.526. The maximum Gasteiger partial charge on any atom is 0.0483 e. The van der Waals surface area contributed by atoms with E-state index in [0.717, 1.165) is 37.5 Å². The monoisotopic (exact) mass is 276 g/mol. The molecule has 2 aliphatic rings. The Balaban J connectivity index is 2.02. The maximum atomic E-state index is 6.41. The molecule has 0 amide bonds. The summed E-state index contributed by atoms with van der Waals surface area (Å²) in [5.74, 6) is 0. The summed E-state index contributed by atoms with van der Waals surface area (Å²) in [5, 5.41) is 4.41. The largest absolute Gasteiger partial charge is 0.314 e. The molecule has 3 rings (SSSR count). The van der Waals surface area contributed by atoms with Gasteiger partial charge in [-0.3, -0.25) is 4.90 Å². The van der Waals surface area contributed by atoms with E-state index in [9.17, 15) is 0 Å². The summed E-state index contributed by atoms with van der Waals surface area (Å²) in [4.78, 5) is 2.47. The van der Waals surface area contributed by atoms with E-state index in [1.54, 1.807) is 5.57 Å². The number of allylic oxidation sites excluding steroid dienone is 1. The van der Waals surface area contributed by atoms with E-state index in [0.29, 0.717) is 6.04 Å². The molecule has 1 heterocycles. The number of halogens is 1. The van der Waals surface area contributed by atoms with Crippen molar-refractivity contribution in [1.82, 2.24) is 10.2 Å². The van der Waals surface area contributed by atoms with Crippen LogP contribution < -0.4 is 5.32 Å². The quantitative estimate of drug-likeness (QED) is 0.848. The fourth-order valence-corrected chi connectivity index (χ4v) is 3.76. The van der Waals surface area contributed by atoms with Gasteiger partial charge in [-0.05, 0) is 55.2 Å². The highest BCUT2D eigenvalue weighted by Gasteiger charge is 2.27. The molecular formula is C16H21ClN2. The normalized spacial score (nSPS) is 24.5. The number of hydrogen-bond donors (Lipinski definition) is 1. The summed E-state index contributed by atoms with van der Waals surface area (Å²) in [5.41, 5.74) is 5.65. The zero-order valence-electron chi connectivity index (χ0n) is 11.7. The molecule has 1 saturated heterocycles. The van der Waals surface area contributed by atoms with Crippen molar-refractivity contribution in [3.63, 3.8) is 0 Å². The topological polar surface area (TPSA) is 15.3 Å². The summed E-state index contributed by atoms with van der Waals surface area (Å²) in [6, 6.07) is 6.81. The van der Waals surface area contributed by atoms with Crippen molar-refractivity contribution in [2.24, 2.45) is 0 Å². The van der Waals surface area contributed by atoms with Gasteiger partial charge in [0, 0.05) is 30.7 Å². The third-order valence-corrected chi connectivity index (χ3v) is 4.85. The van der Waals surface area contributed by atoms with Crippen LogP contribution in [-0.4, -0.2) is 37.6 Å². The maximum absolute atomic E-state index is 6.41. The van der Waals surface area contributed by atoms with Gasteiger partial charge in [-0.1, -0.05) is 23.7 Å². The summed E-state index contributed by atoms with van der Waals surface area (Å²) in [6.07, 6.45) is 2.28. The van der Waals surface area contributed by atoms with Gasteiger partial charge in [-0.25, -0.2) is 0 Å². The molecule has 0 bridgehead atoms. The first-order valence-corrected chi connectivity index (χ1v) is 7.44. The van der Waals surface area contributed by atoms with Crippen LogP contribution in [0.2, 0.25) is 5.02 Å². The number of likely N-dealkylation sites (N-methyl/N-ethyl adjacent to an activating group) is 1. The van der Waals surface area contributed by atoms with Crippen LogP contribution in [0.3, 0.4) is 0 Å². The Kier molecular flexibility index (Phi) is 3.66. The Bertz CT molecular complexity index is 521. The van der Waals surface area contributed by atoms with Crippen LogP contribution in [0.4, 0.5) is 0 Å².